The molecule has 0 saturated carbocycles. The summed E-state index contributed by atoms with van der Waals surface area (Å²) in [6.07, 6.45) is 0.818. The molecular formula is C14H17N3O2. The van der Waals surface area contributed by atoms with Crippen molar-refractivity contribution in [3.05, 3.63) is 39.7 Å². The Morgan fingerprint density at radius 2 is 2.16 bits per heavy atom. The van der Waals surface area contributed by atoms with Gasteiger partial charge in [-0.25, -0.2) is 0 Å². The van der Waals surface area contributed by atoms with Crippen molar-refractivity contribution in [3.63, 3.8) is 0 Å². The predicted octanol–water partition coefficient (Wildman–Crippen LogP) is 1.38. The number of carbonyl (C=O) groups is 1. The average molecular weight is 259 g/mol. The van der Waals surface area contributed by atoms with Crippen molar-refractivity contribution >= 4 is 16.8 Å². The van der Waals surface area contributed by atoms with E-state index in [1.165, 1.54) is 0 Å². The number of carbonyl (C=O) groups excluding carboxylic acids is 1. The minimum atomic E-state index is -0.411. The Bertz CT molecular complexity index is 689. The molecule has 1 amide bonds. The summed E-state index contributed by atoms with van der Waals surface area (Å²) < 4.78 is 1.57. The second-order valence-electron chi connectivity index (χ2n) is 4.58. The van der Waals surface area contributed by atoms with Gasteiger partial charge in [0, 0.05) is 13.6 Å². The van der Waals surface area contributed by atoms with Crippen LogP contribution in [0.15, 0.2) is 23.0 Å². The first kappa shape index (κ1) is 13.3. The number of benzene rings is 1. The lowest BCUT2D eigenvalue weighted by Gasteiger charge is -2.08. The summed E-state index contributed by atoms with van der Waals surface area (Å²) in [5.41, 5.74) is 1.35. The number of nitrogens with one attached hydrogen (secondary N) is 1. The highest BCUT2D eigenvalue weighted by Gasteiger charge is 2.15. The van der Waals surface area contributed by atoms with Crippen molar-refractivity contribution in [3.8, 4) is 0 Å². The zero-order chi connectivity index (χ0) is 14.0. The quantitative estimate of drug-likeness (QED) is 0.905. The average Bonchev–Trinajstić information content (AvgIpc) is 2.40. The van der Waals surface area contributed by atoms with Crippen molar-refractivity contribution in [2.75, 3.05) is 6.54 Å². The first-order valence-electron chi connectivity index (χ1n) is 6.30. The summed E-state index contributed by atoms with van der Waals surface area (Å²) in [6.45, 7) is 4.40. The van der Waals surface area contributed by atoms with E-state index in [9.17, 15) is 9.59 Å². The second kappa shape index (κ2) is 5.22. The van der Waals surface area contributed by atoms with E-state index in [0.717, 1.165) is 17.5 Å². The van der Waals surface area contributed by atoms with Gasteiger partial charge in [0.15, 0.2) is 5.69 Å². The molecule has 0 aliphatic carbocycles. The third-order valence-electron chi connectivity index (χ3n) is 2.96. The van der Waals surface area contributed by atoms with E-state index in [2.05, 4.69) is 10.4 Å². The third-order valence-corrected chi connectivity index (χ3v) is 2.96. The Morgan fingerprint density at radius 1 is 1.42 bits per heavy atom. The van der Waals surface area contributed by atoms with E-state index < -0.39 is 5.91 Å². The molecule has 0 radical (unpaired) electrons. The van der Waals surface area contributed by atoms with Gasteiger partial charge in [-0.05, 0) is 25.5 Å². The standard InChI is InChI=1S/C14H17N3O2/c1-4-7-15-14(19)12-13(18)10-8-9(2)5-6-11(10)17(3)16-12/h5-6,8H,4,7H2,1-3H3,(H,15,19). The van der Waals surface area contributed by atoms with E-state index in [1.807, 2.05) is 26.0 Å². The largest absolute Gasteiger partial charge is 0.351 e. The molecular weight excluding hydrogens is 242 g/mol. The summed E-state index contributed by atoms with van der Waals surface area (Å²) in [5, 5.41) is 7.28. The van der Waals surface area contributed by atoms with Crippen LogP contribution in [0.5, 0.6) is 0 Å². The monoisotopic (exact) mass is 259 g/mol. The van der Waals surface area contributed by atoms with Crippen LogP contribution in [0.25, 0.3) is 10.9 Å². The highest BCUT2D eigenvalue weighted by atomic mass is 16.2. The van der Waals surface area contributed by atoms with E-state index in [1.54, 1.807) is 17.8 Å². The van der Waals surface area contributed by atoms with E-state index in [0.29, 0.717) is 11.9 Å². The maximum Gasteiger partial charge on any atom is 0.275 e. The Kier molecular flexibility index (Phi) is 3.64. The van der Waals surface area contributed by atoms with Gasteiger partial charge < -0.3 is 5.32 Å². The van der Waals surface area contributed by atoms with Gasteiger partial charge >= 0.3 is 0 Å². The molecule has 2 rings (SSSR count). The van der Waals surface area contributed by atoms with Gasteiger partial charge in [0.05, 0.1) is 10.9 Å². The maximum absolute atomic E-state index is 12.3. The molecule has 5 nitrogen and oxygen atoms in total. The van der Waals surface area contributed by atoms with Crippen LogP contribution in [0.2, 0.25) is 0 Å². The smallest absolute Gasteiger partial charge is 0.275 e. The van der Waals surface area contributed by atoms with Crippen molar-refractivity contribution in [1.29, 1.82) is 0 Å². The Labute approximate surface area is 111 Å². The van der Waals surface area contributed by atoms with Crippen LogP contribution in [0.1, 0.15) is 29.4 Å². The second-order valence-corrected chi connectivity index (χ2v) is 4.58. The van der Waals surface area contributed by atoms with E-state index in [-0.39, 0.29) is 11.1 Å². The normalized spacial score (nSPS) is 10.7. The SMILES string of the molecule is CCCNC(=O)c1nn(C)c2ccc(C)cc2c1=O. The van der Waals surface area contributed by atoms with Crippen LogP contribution in [-0.2, 0) is 7.05 Å². The highest BCUT2D eigenvalue weighted by Crippen LogP contribution is 2.11. The maximum atomic E-state index is 12.3. The number of fused-ring (bicyclic) bond motifs is 1. The molecule has 0 unspecified atom stereocenters. The first-order valence-corrected chi connectivity index (χ1v) is 6.30. The molecule has 1 aromatic heterocycles. The van der Waals surface area contributed by atoms with Gasteiger partial charge in [0.2, 0.25) is 5.43 Å². The number of hydrogen-bond acceptors (Lipinski definition) is 3. The summed E-state index contributed by atoms with van der Waals surface area (Å²) in [4.78, 5) is 24.2. The fourth-order valence-corrected chi connectivity index (χ4v) is 1.96. The Morgan fingerprint density at radius 3 is 2.84 bits per heavy atom. The number of aromatic nitrogens is 2. The van der Waals surface area contributed by atoms with Crippen molar-refractivity contribution in [2.24, 2.45) is 7.05 Å². The van der Waals surface area contributed by atoms with Crippen LogP contribution in [0, 0.1) is 6.92 Å². The van der Waals surface area contributed by atoms with Crippen LogP contribution < -0.4 is 10.7 Å². The Balaban J connectivity index is 2.61. The molecule has 0 bridgehead atoms. The Hall–Kier alpha value is -2.17. The van der Waals surface area contributed by atoms with Crippen molar-refractivity contribution in [1.82, 2.24) is 15.1 Å². The summed E-state index contributed by atoms with van der Waals surface area (Å²) in [5.74, 6) is -0.411. The third kappa shape index (κ3) is 2.50. The minimum absolute atomic E-state index is 0.0472. The zero-order valence-electron chi connectivity index (χ0n) is 11.4. The number of amides is 1. The van der Waals surface area contributed by atoms with E-state index in [4.69, 9.17) is 0 Å². The predicted molar refractivity (Wildman–Crippen MR) is 74.3 cm³/mol. The van der Waals surface area contributed by atoms with E-state index >= 15 is 0 Å². The lowest BCUT2D eigenvalue weighted by molar-refractivity contribution is 0.0945. The molecule has 0 fully saturated rings. The van der Waals surface area contributed by atoms with Crippen LogP contribution >= 0.6 is 0 Å². The lowest BCUT2D eigenvalue weighted by atomic mass is 10.1. The highest BCUT2D eigenvalue weighted by molar-refractivity contribution is 5.95. The molecule has 0 atom stereocenters. The number of nitrogens with zero attached hydrogens (tertiary/aromatic N) is 2. The molecule has 5 heteroatoms. The fraction of sp³-hybridized carbons (Fsp3) is 0.357. The zero-order valence-corrected chi connectivity index (χ0v) is 11.4. The van der Waals surface area contributed by atoms with Gasteiger partial charge in [0.25, 0.3) is 5.91 Å². The molecule has 1 N–H and O–H groups in total. The molecule has 0 aliphatic heterocycles. The number of rotatable bonds is 3. The molecule has 1 aromatic carbocycles. The summed E-state index contributed by atoms with van der Waals surface area (Å²) in [7, 11) is 1.73. The topological polar surface area (TPSA) is 64.0 Å². The molecule has 19 heavy (non-hydrogen) atoms. The van der Waals surface area contributed by atoms with Gasteiger partial charge in [-0.3, -0.25) is 14.3 Å². The van der Waals surface area contributed by atoms with Gasteiger partial charge in [-0.1, -0.05) is 18.6 Å². The lowest BCUT2D eigenvalue weighted by Crippen LogP contribution is -2.32. The van der Waals surface area contributed by atoms with Crippen molar-refractivity contribution in [2.45, 2.75) is 20.3 Å². The van der Waals surface area contributed by atoms with Crippen molar-refractivity contribution < 1.29 is 4.79 Å². The molecule has 2 aromatic rings. The van der Waals surface area contributed by atoms with Crippen LogP contribution in [0.3, 0.4) is 0 Å². The fourth-order valence-electron chi connectivity index (χ4n) is 1.96. The van der Waals surface area contributed by atoms with Crippen LogP contribution in [-0.4, -0.2) is 22.2 Å². The summed E-state index contributed by atoms with van der Waals surface area (Å²) >= 11 is 0. The molecule has 1 heterocycles. The summed E-state index contributed by atoms with van der Waals surface area (Å²) in [6, 6.07) is 5.54. The molecule has 0 saturated heterocycles. The van der Waals surface area contributed by atoms with Gasteiger partial charge in [0.1, 0.15) is 0 Å². The van der Waals surface area contributed by atoms with Gasteiger partial charge in [-0.2, -0.15) is 5.10 Å². The molecule has 0 aliphatic rings. The number of aryl methyl sites for hydroxylation is 2. The number of hydrogen-bond donors (Lipinski definition) is 1. The first-order chi connectivity index (χ1) is 9.04. The van der Waals surface area contributed by atoms with Gasteiger partial charge in [-0.15, -0.1) is 0 Å². The van der Waals surface area contributed by atoms with Crippen LogP contribution in [0.4, 0.5) is 0 Å². The molecule has 100 valence electrons. The minimum Gasteiger partial charge on any atom is -0.351 e. The molecule has 0 spiro atoms.